The van der Waals surface area contributed by atoms with Gasteiger partial charge < -0.3 is 9.30 Å². The second-order valence-electron chi connectivity index (χ2n) is 6.01. The summed E-state index contributed by atoms with van der Waals surface area (Å²) in [7, 11) is -2.27. The zero-order valence-electron chi connectivity index (χ0n) is 14.9. The summed E-state index contributed by atoms with van der Waals surface area (Å²) in [5, 5.41) is 2.23. The number of hydrogen-bond donors (Lipinski definition) is 0. The Labute approximate surface area is 161 Å². The van der Waals surface area contributed by atoms with Gasteiger partial charge in [-0.3, -0.25) is 0 Å². The topological polar surface area (TPSA) is 60.7 Å². The lowest BCUT2D eigenvalue weighted by atomic mass is 10.1. The summed E-state index contributed by atoms with van der Waals surface area (Å²) in [5.74, 6) is 0.603. The molecule has 0 fully saturated rings. The molecule has 0 spiro atoms. The van der Waals surface area contributed by atoms with Crippen molar-refractivity contribution in [3.05, 3.63) is 65.5 Å². The summed E-state index contributed by atoms with van der Waals surface area (Å²) in [5.41, 5.74) is 0.991. The van der Waals surface area contributed by atoms with Gasteiger partial charge in [0.25, 0.3) is 10.0 Å². The number of methoxy groups -OCH3 is 1. The van der Waals surface area contributed by atoms with Crippen molar-refractivity contribution < 1.29 is 13.2 Å². The van der Waals surface area contributed by atoms with E-state index in [4.69, 9.17) is 4.74 Å². The van der Waals surface area contributed by atoms with E-state index in [9.17, 15) is 8.42 Å². The third kappa shape index (κ3) is 3.13. The molecule has 138 valence electrons. The summed E-state index contributed by atoms with van der Waals surface area (Å²) >= 11 is 1.40. The largest absolute Gasteiger partial charge is 0.497 e. The predicted octanol–water partition coefficient (Wildman–Crippen LogP) is 4.17. The first-order chi connectivity index (χ1) is 13.0. The van der Waals surface area contributed by atoms with Gasteiger partial charge in [0.2, 0.25) is 4.80 Å². The molecule has 1 heterocycles. The Kier molecular flexibility index (Phi) is 4.49. The molecule has 0 radical (unpaired) electrons. The van der Waals surface area contributed by atoms with Crippen LogP contribution in [0.2, 0.25) is 0 Å². The molecule has 7 heteroatoms. The maximum absolute atomic E-state index is 12.8. The smallest absolute Gasteiger partial charge is 0.285 e. The van der Waals surface area contributed by atoms with Crippen molar-refractivity contribution in [3.63, 3.8) is 0 Å². The van der Waals surface area contributed by atoms with Crippen molar-refractivity contribution in [1.82, 2.24) is 4.57 Å². The average molecular weight is 399 g/mol. The number of hydrogen-bond acceptors (Lipinski definition) is 4. The molecule has 0 bridgehead atoms. The van der Waals surface area contributed by atoms with E-state index >= 15 is 0 Å². The van der Waals surface area contributed by atoms with Crippen LogP contribution in [0.3, 0.4) is 0 Å². The minimum atomic E-state index is -3.81. The monoisotopic (exact) mass is 398 g/mol. The van der Waals surface area contributed by atoms with Crippen LogP contribution >= 0.6 is 11.3 Å². The van der Waals surface area contributed by atoms with Gasteiger partial charge in [-0.15, -0.1) is 4.40 Å². The molecule has 0 N–H and O–H groups in total. The Morgan fingerprint density at radius 3 is 2.48 bits per heavy atom. The zero-order valence-corrected chi connectivity index (χ0v) is 16.5. The molecule has 27 heavy (non-hydrogen) atoms. The number of thiazole rings is 1. The van der Waals surface area contributed by atoms with Crippen LogP contribution in [0.1, 0.15) is 6.92 Å². The summed E-state index contributed by atoms with van der Waals surface area (Å²) in [6.07, 6.45) is 0. The van der Waals surface area contributed by atoms with Crippen molar-refractivity contribution in [2.75, 3.05) is 7.11 Å². The van der Waals surface area contributed by atoms with Gasteiger partial charge in [-0.2, -0.15) is 8.42 Å². The van der Waals surface area contributed by atoms with Crippen molar-refractivity contribution in [2.24, 2.45) is 4.40 Å². The van der Waals surface area contributed by atoms with E-state index in [0.717, 1.165) is 21.0 Å². The molecule has 0 atom stereocenters. The number of nitrogens with zero attached hydrogens (tertiary/aromatic N) is 2. The SMILES string of the molecule is CCn1/c(=N\S(=O)(=O)c2ccc(OC)cc2)sc2c3ccccc3ccc21. The lowest BCUT2D eigenvalue weighted by Gasteiger charge is -2.03. The highest BCUT2D eigenvalue weighted by Crippen LogP contribution is 2.28. The number of sulfonamides is 1. The first-order valence-corrected chi connectivity index (χ1v) is 10.8. The quantitative estimate of drug-likeness (QED) is 0.518. The van der Waals surface area contributed by atoms with E-state index in [0.29, 0.717) is 17.1 Å². The maximum atomic E-state index is 12.8. The number of fused-ring (bicyclic) bond motifs is 3. The first-order valence-electron chi connectivity index (χ1n) is 8.49. The lowest BCUT2D eigenvalue weighted by Crippen LogP contribution is -2.16. The highest BCUT2D eigenvalue weighted by Gasteiger charge is 2.15. The fourth-order valence-corrected chi connectivity index (χ4v) is 5.51. The third-order valence-corrected chi connectivity index (χ3v) is 6.97. The van der Waals surface area contributed by atoms with E-state index in [1.54, 1.807) is 19.2 Å². The highest BCUT2D eigenvalue weighted by atomic mass is 32.2. The minimum absolute atomic E-state index is 0.147. The summed E-state index contributed by atoms with van der Waals surface area (Å²) < 4.78 is 37.8. The van der Waals surface area contributed by atoms with Crippen LogP contribution in [-0.2, 0) is 16.6 Å². The molecule has 0 aliphatic rings. The predicted molar refractivity (Wildman–Crippen MR) is 109 cm³/mol. The zero-order chi connectivity index (χ0) is 19.0. The molecule has 5 nitrogen and oxygen atoms in total. The molecule has 0 aliphatic heterocycles. The molecule has 0 saturated carbocycles. The lowest BCUT2D eigenvalue weighted by molar-refractivity contribution is 0.414. The maximum Gasteiger partial charge on any atom is 0.285 e. The first kappa shape index (κ1) is 17.8. The number of rotatable bonds is 4. The molecule has 4 rings (SSSR count). The van der Waals surface area contributed by atoms with Crippen LogP contribution in [-0.4, -0.2) is 20.1 Å². The number of benzene rings is 3. The molecular weight excluding hydrogens is 380 g/mol. The van der Waals surface area contributed by atoms with E-state index in [1.807, 2.05) is 29.7 Å². The van der Waals surface area contributed by atoms with Crippen LogP contribution in [0.25, 0.3) is 21.0 Å². The second kappa shape index (κ2) is 6.83. The Hall–Kier alpha value is -2.64. The normalized spacial score (nSPS) is 12.7. The van der Waals surface area contributed by atoms with Crippen LogP contribution in [0.15, 0.2) is 70.0 Å². The standard InChI is InChI=1S/C20H18N2O3S2/c1-3-22-18-13-8-14-6-4-5-7-17(14)19(18)26-20(22)21-27(23,24)16-11-9-15(25-2)10-12-16/h4-13H,3H2,1-2H3/b21-20+. The second-order valence-corrected chi connectivity index (χ2v) is 8.59. The number of aromatic nitrogens is 1. The van der Waals surface area contributed by atoms with Crippen LogP contribution < -0.4 is 9.54 Å². The average Bonchev–Trinajstić information content (AvgIpc) is 3.04. The molecule has 0 saturated heterocycles. The van der Waals surface area contributed by atoms with Gasteiger partial charge in [-0.05, 0) is 42.6 Å². The fourth-order valence-electron chi connectivity index (χ4n) is 3.08. The van der Waals surface area contributed by atoms with Gasteiger partial charge in [-0.25, -0.2) is 0 Å². The number of ether oxygens (including phenoxy) is 1. The van der Waals surface area contributed by atoms with Gasteiger partial charge >= 0.3 is 0 Å². The van der Waals surface area contributed by atoms with Gasteiger partial charge in [0.15, 0.2) is 0 Å². The van der Waals surface area contributed by atoms with Crippen molar-refractivity contribution in [2.45, 2.75) is 18.4 Å². The Balaban J connectivity index is 1.95. The Bertz CT molecular complexity index is 1300. The molecule has 0 aliphatic carbocycles. The fraction of sp³-hybridized carbons (Fsp3) is 0.150. The van der Waals surface area contributed by atoms with Gasteiger partial charge in [0, 0.05) is 11.9 Å². The van der Waals surface area contributed by atoms with Gasteiger partial charge in [0.05, 0.1) is 22.2 Å². The van der Waals surface area contributed by atoms with Crippen molar-refractivity contribution in [1.29, 1.82) is 0 Å². The van der Waals surface area contributed by atoms with Crippen molar-refractivity contribution in [3.8, 4) is 5.75 Å². The molecule has 0 amide bonds. The van der Waals surface area contributed by atoms with Crippen LogP contribution in [0.5, 0.6) is 5.75 Å². The molecule has 4 aromatic rings. The molecule has 0 unspecified atom stereocenters. The van der Waals surface area contributed by atoms with Crippen molar-refractivity contribution >= 4 is 42.3 Å². The Morgan fingerprint density at radius 1 is 1.04 bits per heavy atom. The van der Waals surface area contributed by atoms with E-state index < -0.39 is 10.0 Å². The third-order valence-electron chi connectivity index (χ3n) is 4.45. The summed E-state index contributed by atoms with van der Waals surface area (Å²) in [6, 6.07) is 18.4. The number of aryl methyl sites for hydroxylation is 1. The van der Waals surface area contributed by atoms with Crippen LogP contribution in [0, 0.1) is 0 Å². The van der Waals surface area contributed by atoms with Gasteiger partial charge in [0.1, 0.15) is 5.75 Å². The van der Waals surface area contributed by atoms with E-state index in [1.165, 1.54) is 23.5 Å². The summed E-state index contributed by atoms with van der Waals surface area (Å²) in [4.78, 5) is 0.618. The van der Waals surface area contributed by atoms with E-state index in [-0.39, 0.29) is 4.90 Å². The van der Waals surface area contributed by atoms with Crippen LogP contribution in [0.4, 0.5) is 0 Å². The molecular formula is C20H18N2O3S2. The van der Waals surface area contributed by atoms with E-state index in [2.05, 4.69) is 22.6 Å². The minimum Gasteiger partial charge on any atom is -0.497 e. The molecule has 3 aromatic carbocycles. The Morgan fingerprint density at radius 2 is 1.78 bits per heavy atom. The molecule has 1 aromatic heterocycles. The highest BCUT2D eigenvalue weighted by molar-refractivity contribution is 7.90. The van der Waals surface area contributed by atoms with Gasteiger partial charge in [-0.1, -0.05) is 41.7 Å². The summed E-state index contributed by atoms with van der Waals surface area (Å²) in [6.45, 7) is 2.62.